The molecule has 0 nitrogen and oxygen atoms in total. The van der Waals surface area contributed by atoms with Gasteiger partial charge in [-0.2, -0.15) is 0 Å². The average Bonchev–Trinajstić information content (AvgIpc) is 2.80. The van der Waals surface area contributed by atoms with Crippen LogP contribution in [0.2, 0.25) is 0 Å². The Hall–Kier alpha value is -1.84. The van der Waals surface area contributed by atoms with E-state index in [0.29, 0.717) is 36.3 Å². The third kappa shape index (κ3) is 5.05. The van der Waals surface area contributed by atoms with Crippen LogP contribution in [0.5, 0.6) is 0 Å². The van der Waals surface area contributed by atoms with Gasteiger partial charge in [0.05, 0.1) is 0 Å². The van der Waals surface area contributed by atoms with Crippen molar-refractivity contribution in [3.8, 4) is 0 Å². The Kier molecular flexibility index (Phi) is 7.58. The van der Waals surface area contributed by atoms with Gasteiger partial charge in [-0.3, -0.25) is 0 Å². The highest BCUT2D eigenvalue weighted by molar-refractivity contribution is 5.37. The summed E-state index contributed by atoms with van der Waals surface area (Å²) in [5.41, 5.74) is 2.38. The Morgan fingerprint density at radius 1 is 0.781 bits per heavy atom. The van der Waals surface area contributed by atoms with Crippen LogP contribution in [0.25, 0.3) is 0 Å². The average molecular weight is 447 g/mol. The molecule has 0 heterocycles. The van der Waals surface area contributed by atoms with E-state index in [1.54, 1.807) is 6.07 Å². The molecule has 2 aromatic rings. The van der Waals surface area contributed by atoms with Crippen molar-refractivity contribution in [3.05, 3.63) is 69.8 Å². The number of unbranched alkanes of at least 4 members (excludes halogenated alkanes) is 3. The Balaban J connectivity index is 1.38. The summed E-state index contributed by atoms with van der Waals surface area (Å²) in [4.78, 5) is 0. The minimum Gasteiger partial charge on any atom is -0.207 e. The zero-order valence-corrected chi connectivity index (χ0v) is 19.0. The van der Waals surface area contributed by atoms with Gasteiger partial charge in [0.2, 0.25) is 0 Å². The number of halogens is 4. The number of fused-ring (bicyclic) bond motifs is 1. The van der Waals surface area contributed by atoms with Crippen LogP contribution in [0, 0.1) is 29.2 Å². The van der Waals surface area contributed by atoms with E-state index in [1.807, 2.05) is 12.1 Å². The lowest BCUT2D eigenvalue weighted by molar-refractivity contribution is 0.301. The third-order valence-corrected chi connectivity index (χ3v) is 7.81. The van der Waals surface area contributed by atoms with Gasteiger partial charge in [0.25, 0.3) is 0 Å². The molecule has 4 heteroatoms. The minimum atomic E-state index is -1.41. The summed E-state index contributed by atoms with van der Waals surface area (Å²) in [6, 6.07) is 6.68. The number of hydrogen-bond acceptors (Lipinski definition) is 0. The second-order valence-corrected chi connectivity index (χ2v) is 9.91. The first-order valence-corrected chi connectivity index (χ1v) is 12.4. The van der Waals surface area contributed by atoms with Crippen molar-refractivity contribution >= 4 is 0 Å². The lowest BCUT2D eigenvalue weighted by Gasteiger charge is -2.30. The predicted octanol–water partition coefficient (Wildman–Crippen LogP) is 8.76. The van der Waals surface area contributed by atoms with Crippen LogP contribution in [0.4, 0.5) is 17.6 Å². The van der Waals surface area contributed by atoms with E-state index in [-0.39, 0.29) is 17.3 Å². The van der Waals surface area contributed by atoms with Crippen molar-refractivity contribution in [3.63, 3.8) is 0 Å². The SMILES string of the molecule is CCCCCCC1CCC(c2ccc(C3CCc4c(cc(F)c(F)c4F)C3)c(F)c2)CC1. The van der Waals surface area contributed by atoms with Crippen LogP contribution in [-0.4, -0.2) is 0 Å². The summed E-state index contributed by atoms with van der Waals surface area (Å²) in [6.07, 6.45) is 12.5. The zero-order chi connectivity index (χ0) is 22.7. The third-order valence-electron chi connectivity index (χ3n) is 7.81. The molecule has 0 aliphatic heterocycles. The Bertz CT molecular complexity index is 928. The molecule has 1 unspecified atom stereocenters. The highest BCUT2D eigenvalue weighted by atomic mass is 19.2. The second-order valence-electron chi connectivity index (χ2n) is 9.91. The van der Waals surface area contributed by atoms with Crippen LogP contribution in [-0.2, 0) is 12.8 Å². The van der Waals surface area contributed by atoms with Crippen molar-refractivity contribution in [2.45, 2.75) is 95.8 Å². The Morgan fingerprint density at radius 2 is 1.56 bits per heavy atom. The fourth-order valence-electron chi connectivity index (χ4n) is 5.86. The largest absolute Gasteiger partial charge is 0.207 e. The summed E-state index contributed by atoms with van der Waals surface area (Å²) >= 11 is 0. The van der Waals surface area contributed by atoms with E-state index in [2.05, 4.69) is 6.92 Å². The maximum absolute atomic E-state index is 15.1. The van der Waals surface area contributed by atoms with E-state index in [4.69, 9.17) is 0 Å². The normalized spacial score (nSPS) is 23.2. The fourth-order valence-corrected chi connectivity index (χ4v) is 5.86. The molecule has 174 valence electrons. The highest BCUT2D eigenvalue weighted by Crippen LogP contribution is 2.40. The van der Waals surface area contributed by atoms with Crippen molar-refractivity contribution in [1.29, 1.82) is 0 Å². The first-order chi connectivity index (χ1) is 15.5. The number of benzene rings is 2. The summed E-state index contributed by atoms with van der Waals surface area (Å²) in [5.74, 6) is -2.79. The van der Waals surface area contributed by atoms with Gasteiger partial charge >= 0.3 is 0 Å². The second kappa shape index (κ2) is 10.4. The van der Waals surface area contributed by atoms with Crippen molar-refractivity contribution < 1.29 is 17.6 Å². The van der Waals surface area contributed by atoms with Crippen molar-refractivity contribution in [2.24, 2.45) is 5.92 Å². The molecular formula is C28H34F4. The van der Waals surface area contributed by atoms with Crippen LogP contribution in [0.1, 0.15) is 105 Å². The number of hydrogen-bond donors (Lipinski definition) is 0. The molecule has 4 rings (SSSR count). The maximum Gasteiger partial charge on any atom is 0.194 e. The van der Waals surface area contributed by atoms with Crippen LogP contribution in [0.15, 0.2) is 24.3 Å². The molecule has 1 saturated carbocycles. The molecule has 0 bridgehead atoms. The van der Waals surface area contributed by atoms with Gasteiger partial charge in [0, 0.05) is 0 Å². The van der Waals surface area contributed by atoms with Crippen LogP contribution >= 0.6 is 0 Å². The predicted molar refractivity (Wildman–Crippen MR) is 121 cm³/mol. The summed E-state index contributed by atoms with van der Waals surface area (Å²) < 4.78 is 56.4. The lowest BCUT2D eigenvalue weighted by Crippen LogP contribution is -2.17. The summed E-state index contributed by atoms with van der Waals surface area (Å²) in [5, 5.41) is 0. The Labute approximate surface area is 189 Å². The zero-order valence-electron chi connectivity index (χ0n) is 19.0. The molecule has 0 saturated heterocycles. The molecule has 2 aromatic carbocycles. The monoisotopic (exact) mass is 446 g/mol. The van der Waals surface area contributed by atoms with Gasteiger partial charge in [-0.05, 0) is 97.1 Å². The minimum absolute atomic E-state index is 0.139. The van der Waals surface area contributed by atoms with E-state index >= 15 is 4.39 Å². The molecule has 1 fully saturated rings. The molecule has 0 N–H and O–H groups in total. The Morgan fingerprint density at radius 3 is 2.28 bits per heavy atom. The van der Waals surface area contributed by atoms with Gasteiger partial charge in [-0.15, -0.1) is 0 Å². The first-order valence-electron chi connectivity index (χ1n) is 12.4. The van der Waals surface area contributed by atoms with Crippen molar-refractivity contribution in [1.82, 2.24) is 0 Å². The van der Waals surface area contributed by atoms with E-state index in [9.17, 15) is 13.2 Å². The standard InChI is InChI=1S/C28H34F4/c1-2-3-4-5-6-18-7-9-19(10-8-18)20-11-13-23(25(29)16-20)21-12-14-24-22(15-21)17-26(30)28(32)27(24)31/h11,13,16-19,21H,2-10,12,14-15H2,1H3. The molecule has 0 aromatic heterocycles. The van der Waals surface area contributed by atoms with Gasteiger partial charge in [0.1, 0.15) is 5.82 Å². The van der Waals surface area contributed by atoms with Gasteiger partial charge in [-0.25, -0.2) is 17.6 Å². The van der Waals surface area contributed by atoms with E-state index < -0.39 is 17.5 Å². The van der Waals surface area contributed by atoms with Gasteiger partial charge in [-0.1, -0.05) is 51.2 Å². The molecule has 32 heavy (non-hydrogen) atoms. The number of rotatable bonds is 7. The lowest BCUT2D eigenvalue weighted by atomic mass is 9.76. The molecular weight excluding hydrogens is 412 g/mol. The van der Waals surface area contributed by atoms with Crippen LogP contribution < -0.4 is 0 Å². The molecule has 2 aliphatic rings. The maximum atomic E-state index is 15.1. The molecule has 0 radical (unpaired) electrons. The van der Waals surface area contributed by atoms with E-state index in [0.717, 1.165) is 30.4 Å². The quantitative estimate of drug-likeness (QED) is 0.226. The van der Waals surface area contributed by atoms with E-state index in [1.165, 1.54) is 44.9 Å². The van der Waals surface area contributed by atoms with Crippen LogP contribution in [0.3, 0.4) is 0 Å². The molecule has 0 amide bonds. The summed E-state index contributed by atoms with van der Waals surface area (Å²) in [6.45, 7) is 2.24. The smallest absolute Gasteiger partial charge is 0.194 e. The molecule has 1 atom stereocenters. The van der Waals surface area contributed by atoms with Gasteiger partial charge < -0.3 is 0 Å². The topological polar surface area (TPSA) is 0 Å². The summed E-state index contributed by atoms with van der Waals surface area (Å²) in [7, 11) is 0. The molecule has 0 spiro atoms. The molecule has 2 aliphatic carbocycles. The first kappa shape index (κ1) is 23.3. The fraction of sp³-hybridized carbons (Fsp3) is 0.571. The van der Waals surface area contributed by atoms with Gasteiger partial charge in [0.15, 0.2) is 17.5 Å². The van der Waals surface area contributed by atoms with Crippen molar-refractivity contribution in [2.75, 3.05) is 0 Å². The highest BCUT2D eigenvalue weighted by Gasteiger charge is 2.28.